The Labute approximate surface area is 160 Å². The minimum absolute atomic E-state index is 0.0433. The van der Waals surface area contributed by atoms with Gasteiger partial charge in [-0.25, -0.2) is 4.79 Å². The molecule has 0 amide bonds. The molecule has 0 aromatic heterocycles. The Kier molecular flexibility index (Phi) is 6.10. The van der Waals surface area contributed by atoms with Gasteiger partial charge in [-0.3, -0.25) is 10.1 Å². The van der Waals surface area contributed by atoms with E-state index in [9.17, 15) is 20.2 Å². The van der Waals surface area contributed by atoms with Crippen molar-refractivity contribution in [3.8, 4) is 17.6 Å². The number of rotatable bonds is 6. The number of hydrogen-bond donors (Lipinski definition) is 1. The van der Waals surface area contributed by atoms with Crippen molar-refractivity contribution >= 4 is 11.7 Å². The predicted molar refractivity (Wildman–Crippen MR) is 96.2 cm³/mol. The van der Waals surface area contributed by atoms with Crippen molar-refractivity contribution in [3.05, 3.63) is 50.6 Å². The first kappa shape index (κ1) is 20.6. The molecule has 1 aromatic rings. The normalized spacial score (nSPS) is 16.2. The Bertz CT molecular complexity index is 928. The molecule has 1 heterocycles. The maximum Gasteiger partial charge on any atom is 0.338 e. The predicted octanol–water partition coefficient (Wildman–Crippen LogP) is 2.26. The Hall–Kier alpha value is -3.74. The van der Waals surface area contributed by atoms with Crippen molar-refractivity contribution < 1.29 is 28.7 Å². The summed E-state index contributed by atoms with van der Waals surface area (Å²) in [6, 6.07) is 4.43. The number of hydrogen-bond acceptors (Lipinski definition) is 9. The molecule has 0 fully saturated rings. The van der Waals surface area contributed by atoms with Gasteiger partial charge in [-0.2, -0.15) is 5.26 Å². The number of ether oxygens (including phenoxy) is 4. The van der Waals surface area contributed by atoms with Crippen molar-refractivity contribution in [2.75, 3.05) is 20.8 Å². The van der Waals surface area contributed by atoms with E-state index in [4.69, 9.17) is 24.7 Å². The van der Waals surface area contributed by atoms with Gasteiger partial charge in [-0.05, 0) is 19.9 Å². The molecule has 28 heavy (non-hydrogen) atoms. The van der Waals surface area contributed by atoms with Crippen LogP contribution in [0, 0.1) is 21.4 Å². The average Bonchev–Trinajstić information content (AvgIpc) is 2.66. The van der Waals surface area contributed by atoms with Gasteiger partial charge in [0.25, 0.3) is 0 Å². The fourth-order valence-corrected chi connectivity index (χ4v) is 2.94. The summed E-state index contributed by atoms with van der Waals surface area (Å²) in [5.74, 6) is -1.73. The first-order chi connectivity index (χ1) is 13.3. The molecule has 2 rings (SSSR count). The van der Waals surface area contributed by atoms with Crippen LogP contribution in [0.15, 0.2) is 34.9 Å². The van der Waals surface area contributed by atoms with Gasteiger partial charge in [-0.1, -0.05) is 0 Å². The minimum Gasteiger partial charge on any atom is -0.496 e. The lowest BCUT2D eigenvalue weighted by Gasteiger charge is -2.28. The summed E-state index contributed by atoms with van der Waals surface area (Å²) in [6.07, 6.45) is 0. The Morgan fingerprint density at radius 1 is 1.36 bits per heavy atom. The fraction of sp³-hybridized carbons (Fsp3) is 0.333. The molecular formula is C18H19N3O7. The molecule has 10 heteroatoms. The van der Waals surface area contributed by atoms with Gasteiger partial charge in [0.15, 0.2) is 5.75 Å². The third kappa shape index (κ3) is 3.55. The van der Waals surface area contributed by atoms with E-state index in [-0.39, 0.29) is 52.1 Å². The van der Waals surface area contributed by atoms with Crippen LogP contribution in [0.2, 0.25) is 0 Å². The number of allylic oxidation sites excluding steroid dienone is 2. The van der Waals surface area contributed by atoms with Crippen LogP contribution in [0.5, 0.6) is 11.5 Å². The lowest BCUT2D eigenvalue weighted by atomic mass is 9.82. The zero-order chi connectivity index (χ0) is 21.0. The van der Waals surface area contributed by atoms with Crippen molar-refractivity contribution in [3.63, 3.8) is 0 Å². The number of nitrogens with zero attached hydrogens (tertiary/aromatic N) is 2. The highest BCUT2D eigenvalue weighted by atomic mass is 16.6. The van der Waals surface area contributed by atoms with Crippen LogP contribution in [0.4, 0.5) is 5.69 Å². The van der Waals surface area contributed by atoms with E-state index < -0.39 is 16.8 Å². The summed E-state index contributed by atoms with van der Waals surface area (Å²) in [6.45, 7) is 3.25. The van der Waals surface area contributed by atoms with Crippen molar-refractivity contribution in [1.29, 1.82) is 5.26 Å². The van der Waals surface area contributed by atoms with E-state index in [2.05, 4.69) is 0 Å². The molecule has 1 unspecified atom stereocenters. The van der Waals surface area contributed by atoms with Gasteiger partial charge < -0.3 is 24.7 Å². The third-order valence-electron chi connectivity index (χ3n) is 4.14. The molecule has 0 bridgehead atoms. The van der Waals surface area contributed by atoms with Crippen LogP contribution in [-0.4, -0.2) is 31.7 Å². The Balaban J connectivity index is 2.82. The molecular weight excluding hydrogens is 370 g/mol. The summed E-state index contributed by atoms with van der Waals surface area (Å²) < 4.78 is 20.8. The van der Waals surface area contributed by atoms with Crippen molar-refractivity contribution in [2.45, 2.75) is 19.8 Å². The summed E-state index contributed by atoms with van der Waals surface area (Å²) >= 11 is 0. The lowest BCUT2D eigenvalue weighted by molar-refractivity contribution is -0.385. The maximum absolute atomic E-state index is 12.6. The average molecular weight is 389 g/mol. The van der Waals surface area contributed by atoms with E-state index in [1.165, 1.54) is 27.2 Å². The quantitative estimate of drug-likeness (QED) is 0.439. The van der Waals surface area contributed by atoms with Crippen molar-refractivity contribution in [2.24, 2.45) is 5.73 Å². The molecule has 2 N–H and O–H groups in total. The monoisotopic (exact) mass is 389 g/mol. The number of benzene rings is 1. The second-order valence-electron chi connectivity index (χ2n) is 5.64. The van der Waals surface area contributed by atoms with Crippen LogP contribution in [-0.2, 0) is 14.3 Å². The van der Waals surface area contributed by atoms with E-state index in [1.54, 1.807) is 6.92 Å². The summed E-state index contributed by atoms with van der Waals surface area (Å²) in [4.78, 5) is 23.3. The molecule has 0 saturated heterocycles. The zero-order valence-electron chi connectivity index (χ0n) is 15.8. The fourth-order valence-electron chi connectivity index (χ4n) is 2.94. The molecule has 1 aliphatic rings. The topological polar surface area (TPSA) is 147 Å². The molecule has 10 nitrogen and oxygen atoms in total. The van der Waals surface area contributed by atoms with E-state index >= 15 is 0 Å². The van der Waals surface area contributed by atoms with Crippen molar-refractivity contribution in [1.82, 2.24) is 0 Å². The second-order valence-corrected chi connectivity index (χ2v) is 5.64. The first-order valence-electron chi connectivity index (χ1n) is 8.16. The smallest absolute Gasteiger partial charge is 0.338 e. The first-order valence-corrected chi connectivity index (χ1v) is 8.16. The molecule has 1 atom stereocenters. The SMILES string of the molecule is CCOC(=O)C1=C(C)OC(N)=C(C#N)C1c1cc(OC)c([N+](=O)[O-])cc1OC. The molecule has 0 radical (unpaired) electrons. The van der Waals surface area contributed by atoms with Crippen LogP contribution in [0.1, 0.15) is 25.3 Å². The highest BCUT2D eigenvalue weighted by Gasteiger charge is 2.39. The number of nitriles is 1. The molecule has 0 aliphatic carbocycles. The van der Waals surface area contributed by atoms with Gasteiger partial charge in [0.1, 0.15) is 23.2 Å². The maximum atomic E-state index is 12.6. The second kappa shape index (κ2) is 8.30. The van der Waals surface area contributed by atoms with Gasteiger partial charge >= 0.3 is 11.7 Å². The largest absolute Gasteiger partial charge is 0.496 e. The lowest BCUT2D eigenvalue weighted by Crippen LogP contribution is -2.26. The third-order valence-corrected chi connectivity index (χ3v) is 4.14. The highest BCUT2D eigenvalue weighted by Crippen LogP contribution is 2.46. The number of carbonyl (C=O) groups is 1. The van der Waals surface area contributed by atoms with Crippen LogP contribution in [0.25, 0.3) is 0 Å². The summed E-state index contributed by atoms with van der Waals surface area (Å²) in [5, 5.41) is 20.9. The van der Waals surface area contributed by atoms with Crippen LogP contribution >= 0.6 is 0 Å². The summed E-state index contributed by atoms with van der Waals surface area (Å²) in [5.41, 5.74) is 5.79. The van der Waals surface area contributed by atoms with Gasteiger partial charge in [0.05, 0.1) is 43.3 Å². The van der Waals surface area contributed by atoms with Gasteiger partial charge in [-0.15, -0.1) is 0 Å². The zero-order valence-corrected chi connectivity index (χ0v) is 15.8. The number of nitro benzene ring substituents is 1. The number of carbonyl (C=O) groups excluding carboxylic acids is 1. The minimum atomic E-state index is -1.01. The van der Waals surface area contributed by atoms with Gasteiger partial charge in [0, 0.05) is 5.56 Å². The number of esters is 1. The highest BCUT2D eigenvalue weighted by molar-refractivity contribution is 5.93. The van der Waals surface area contributed by atoms with Crippen LogP contribution in [0.3, 0.4) is 0 Å². The van der Waals surface area contributed by atoms with E-state index in [1.807, 2.05) is 6.07 Å². The Morgan fingerprint density at radius 3 is 2.50 bits per heavy atom. The van der Waals surface area contributed by atoms with E-state index in [0.29, 0.717) is 0 Å². The molecule has 1 aliphatic heterocycles. The molecule has 148 valence electrons. The van der Waals surface area contributed by atoms with Crippen LogP contribution < -0.4 is 15.2 Å². The number of methoxy groups -OCH3 is 2. The van der Waals surface area contributed by atoms with E-state index in [0.717, 1.165) is 6.07 Å². The number of nitro groups is 1. The number of nitrogens with two attached hydrogens (primary N) is 1. The molecule has 1 aromatic carbocycles. The standard InChI is InChI=1S/C18H19N3O7/c1-5-27-18(22)15-9(2)28-17(20)11(8-19)16(15)10-6-14(26-4)12(21(23)24)7-13(10)25-3/h6-7,16H,5,20H2,1-4H3. The molecule has 0 spiro atoms. The van der Waals surface area contributed by atoms with Gasteiger partial charge in [0.2, 0.25) is 5.88 Å². The molecule has 0 saturated carbocycles. The summed E-state index contributed by atoms with van der Waals surface area (Å²) in [7, 11) is 2.58. The Morgan fingerprint density at radius 2 is 2.00 bits per heavy atom.